The number of benzene rings is 2. The Kier molecular flexibility index (Phi) is 8.43. The summed E-state index contributed by atoms with van der Waals surface area (Å²) in [7, 11) is 1.85. The highest BCUT2D eigenvalue weighted by Gasteiger charge is 2.32. The topological polar surface area (TPSA) is 103 Å². The summed E-state index contributed by atoms with van der Waals surface area (Å²) in [4.78, 5) is 14.9. The van der Waals surface area contributed by atoms with Gasteiger partial charge in [0, 0.05) is 62.1 Å². The normalized spacial score (nSPS) is 17.8. The van der Waals surface area contributed by atoms with Gasteiger partial charge in [0.2, 0.25) is 0 Å². The van der Waals surface area contributed by atoms with Crippen molar-refractivity contribution in [2.75, 3.05) is 30.4 Å². The van der Waals surface area contributed by atoms with E-state index in [0.717, 1.165) is 35.7 Å². The molecule has 1 saturated heterocycles. The van der Waals surface area contributed by atoms with Gasteiger partial charge in [-0.2, -0.15) is 5.10 Å². The second-order valence-corrected chi connectivity index (χ2v) is 10.5. The molecule has 0 spiro atoms. The van der Waals surface area contributed by atoms with Crippen LogP contribution in [0.4, 0.5) is 24.5 Å². The summed E-state index contributed by atoms with van der Waals surface area (Å²) < 4.78 is 43.6. The Morgan fingerprint density at radius 2 is 1.93 bits per heavy atom. The maximum atomic E-state index is 15.0. The zero-order chi connectivity index (χ0) is 29.2. The van der Waals surface area contributed by atoms with E-state index in [9.17, 15) is 13.6 Å². The summed E-state index contributed by atoms with van der Waals surface area (Å²) in [6, 6.07) is 7.53. The number of hydrazine groups is 1. The van der Waals surface area contributed by atoms with Crippen LogP contribution in [0.25, 0.3) is 0 Å². The van der Waals surface area contributed by atoms with Gasteiger partial charge in [0.1, 0.15) is 0 Å². The average molecular weight is 556 g/mol. The highest BCUT2D eigenvalue weighted by molar-refractivity contribution is 6.04. The van der Waals surface area contributed by atoms with Crippen LogP contribution in [0, 0.1) is 18.7 Å². The van der Waals surface area contributed by atoms with Crippen molar-refractivity contribution in [1.29, 1.82) is 0 Å². The second kappa shape index (κ2) is 11.6. The van der Waals surface area contributed by atoms with E-state index < -0.39 is 23.2 Å². The molecule has 0 aromatic heterocycles. The van der Waals surface area contributed by atoms with Crippen molar-refractivity contribution >= 4 is 23.5 Å². The number of anilines is 2. The van der Waals surface area contributed by atoms with Gasteiger partial charge in [-0.3, -0.25) is 9.80 Å². The number of nitrogens with one attached hydrogen (secondary N) is 1. The number of carbonyl (C=O) groups is 1. The van der Waals surface area contributed by atoms with Crippen molar-refractivity contribution < 1.29 is 18.0 Å². The summed E-state index contributed by atoms with van der Waals surface area (Å²) in [5, 5.41) is 10.1. The number of aryl methyl sites for hydroxylation is 1. The number of nitrogens with zero attached hydrogens (tertiary/aromatic N) is 4. The number of alkyl halides is 2. The fourth-order valence-electron chi connectivity index (χ4n) is 4.75. The molecule has 2 aromatic carbocycles. The molecular weight excluding hydrogens is 519 g/mol. The van der Waals surface area contributed by atoms with Gasteiger partial charge in [-0.15, -0.1) is 0 Å². The average Bonchev–Trinajstić information content (AvgIpc) is 3.42. The molecule has 2 aliphatic heterocycles. The summed E-state index contributed by atoms with van der Waals surface area (Å²) in [6.07, 6.45) is 7.03. The maximum absolute atomic E-state index is 15.0. The Morgan fingerprint density at radius 1 is 1.23 bits per heavy atom. The number of carbonyl (C=O) groups excluding carboxylic acids is 1. The third kappa shape index (κ3) is 6.59. The van der Waals surface area contributed by atoms with E-state index in [1.807, 2.05) is 27.0 Å². The molecule has 1 amide bonds. The minimum absolute atomic E-state index is 0.0688. The molecule has 214 valence electrons. The lowest BCUT2D eigenvalue weighted by molar-refractivity contribution is 0.0139. The van der Waals surface area contributed by atoms with Crippen molar-refractivity contribution in [2.24, 2.45) is 22.6 Å². The van der Waals surface area contributed by atoms with Crippen LogP contribution in [0.3, 0.4) is 0 Å². The molecule has 0 aliphatic carbocycles. The van der Waals surface area contributed by atoms with Gasteiger partial charge in [0.15, 0.2) is 5.82 Å². The van der Waals surface area contributed by atoms with E-state index in [1.165, 1.54) is 11.1 Å². The number of halogens is 3. The van der Waals surface area contributed by atoms with E-state index >= 15 is 4.39 Å². The molecule has 11 heteroatoms. The molecular formula is C29H36F3N7O. The minimum Gasteiger partial charge on any atom is -0.400 e. The molecule has 1 unspecified atom stereocenters. The van der Waals surface area contributed by atoms with Crippen LogP contribution in [0.2, 0.25) is 0 Å². The number of amides is 1. The Morgan fingerprint density at radius 3 is 2.58 bits per heavy atom. The molecule has 2 aliphatic rings. The minimum atomic E-state index is -3.41. The molecule has 2 aromatic rings. The first-order chi connectivity index (χ1) is 18.8. The number of rotatable bonds is 8. The molecule has 0 radical (unpaired) electrons. The lowest BCUT2D eigenvalue weighted by Crippen LogP contribution is -2.29. The fraction of sp³-hybridized carbons (Fsp3) is 0.379. The van der Waals surface area contributed by atoms with Crippen molar-refractivity contribution in [3.63, 3.8) is 0 Å². The van der Waals surface area contributed by atoms with Crippen molar-refractivity contribution in [3.05, 3.63) is 82.1 Å². The van der Waals surface area contributed by atoms with Gasteiger partial charge in [-0.1, -0.05) is 6.07 Å². The van der Waals surface area contributed by atoms with Crippen LogP contribution in [0.15, 0.2) is 59.1 Å². The van der Waals surface area contributed by atoms with Crippen LogP contribution in [0.1, 0.15) is 53.7 Å². The predicted octanol–water partition coefficient (Wildman–Crippen LogP) is 5.03. The summed E-state index contributed by atoms with van der Waals surface area (Å²) in [5.41, 5.74) is 9.15. The van der Waals surface area contributed by atoms with Crippen LogP contribution in [-0.2, 0) is 12.5 Å². The number of allylic oxidation sites excluding steroid dienone is 2. The molecule has 0 bridgehead atoms. The number of nitrogens with two attached hydrogens (primary N) is 2. The SMILES string of the molecule is CC1=CC(/C(N)=C/N(N)Cc2cc(C(=O)Nc3cc(N4CCCC4)c(F)c(C(C)(F)F)c3)ccc2C)C=NN1C. The Labute approximate surface area is 232 Å². The van der Waals surface area contributed by atoms with E-state index in [2.05, 4.69) is 10.4 Å². The van der Waals surface area contributed by atoms with E-state index in [4.69, 9.17) is 11.6 Å². The lowest BCUT2D eigenvalue weighted by Gasteiger charge is -2.23. The van der Waals surface area contributed by atoms with Crippen LogP contribution < -0.4 is 21.8 Å². The smallest absolute Gasteiger partial charge is 0.273 e. The second-order valence-electron chi connectivity index (χ2n) is 10.5. The number of hydrazone groups is 1. The van der Waals surface area contributed by atoms with Crippen LogP contribution in [-0.4, -0.2) is 42.3 Å². The van der Waals surface area contributed by atoms with Gasteiger partial charge < -0.3 is 21.0 Å². The molecule has 40 heavy (non-hydrogen) atoms. The van der Waals surface area contributed by atoms with Gasteiger partial charge in [-0.05, 0) is 68.2 Å². The first kappa shape index (κ1) is 29.0. The fourth-order valence-corrected chi connectivity index (χ4v) is 4.75. The largest absolute Gasteiger partial charge is 0.400 e. The third-order valence-corrected chi connectivity index (χ3v) is 7.23. The van der Waals surface area contributed by atoms with Gasteiger partial charge in [-0.25, -0.2) is 19.0 Å². The zero-order valence-electron chi connectivity index (χ0n) is 23.2. The van der Waals surface area contributed by atoms with Crippen molar-refractivity contribution in [2.45, 2.75) is 46.1 Å². The van der Waals surface area contributed by atoms with Gasteiger partial charge in [0.05, 0.1) is 23.7 Å². The molecule has 4 rings (SSSR count). The standard InChI is InChI=1S/C29H36F3N7O/c1-18-7-8-20(12-22(18)16-39(34)17-25(33)21-11-19(2)37(4)35-15-21)28(40)36-23-13-24(29(3,31)32)27(30)26(14-23)38-9-5-6-10-38/h7-8,11-15,17,21H,5-6,9-10,16,33-34H2,1-4H3,(H,36,40)/b25-17-. The molecule has 1 atom stereocenters. The van der Waals surface area contributed by atoms with E-state index in [-0.39, 0.29) is 23.8 Å². The van der Waals surface area contributed by atoms with E-state index in [0.29, 0.717) is 31.3 Å². The molecule has 5 N–H and O–H groups in total. The molecule has 1 fully saturated rings. The third-order valence-electron chi connectivity index (χ3n) is 7.23. The summed E-state index contributed by atoms with van der Waals surface area (Å²) in [6.45, 7) is 5.88. The van der Waals surface area contributed by atoms with Crippen LogP contribution in [0.5, 0.6) is 0 Å². The highest BCUT2D eigenvalue weighted by Crippen LogP contribution is 2.37. The van der Waals surface area contributed by atoms with Gasteiger partial charge >= 0.3 is 0 Å². The highest BCUT2D eigenvalue weighted by atomic mass is 19.3. The zero-order valence-corrected chi connectivity index (χ0v) is 23.2. The summed E-state index contributed by atoms with van der Waals surface area (Å²) in [5.74, 6) is 1.16. The first-order valence-electron chi connectivity index (χ1n) is 13.2. The Balaban J connectivity index is 1.53. The molecule has 2 heterocycles. The Bertz CT molecular complexity index is 1360. The van der Waals surface area contributed by atoms with Crippen LogP contribution >= 0.6 is 0 Å². The summed E-state index contributed by atoms with van der Waals surface area (Å²) >= 11 is 0. The lowest BCUT2D eigenvalue weighted by atomic mass is 10.0. The quantitative estimate of drug-likeness (QED) is 0.312. The predicted molar refractivity (Wildman–Crippen MR) is 152 cm³/mol. The van der Waals surface area contributed by atoms with E-state index in [1.54, 1.807) is 40.5 Å². The number of hydrogen-bond acceptors (Lipinski definition) is 7. The molecule has 8 nitrogen and oxygen atoms in total. The van der Waals surface area contributed by atoms with Gasteiger partial charge in [0.25, 0.3) is 11.8 Å². The van der Waals surface area contributed by atoms with Crippen molar-refractivity contribution in [1.82, 2.24) is 10.0 Å². The monoisotopic (exact) mass is 555 g/mol. The molecule has 0 saturated carbocycles. The van der Waals surface area contributed by atoms with Crippen molar-refractivity contribution in [3.8, 4) is 0 Å². The number of hydrogen-bond donors (Lipinski definition) is 3. The first-order valence-corrected chi connectivity index (χ1v) is 13.2. The Hall–Kier alpha value is -3.99. The maximum Gasteiger partial charge on any atom is 0.273 e.